The number of ether oxygens (including phenoxy) is 2. The van der Waals surface area contributed by atoms with Crippen LogP contribution in [0.4, 0.5) is 4.39 Å². The van der Waals surface area contributed by atoms with Gasteiger partial charge in [-0.1, -0.05) is 30.3 Å². The van der Waals surface area contributed by atoms with Crippen molar-refractivity contribution < 1.29 is 23.2 Å². The third kappa shape index (κ3) is 4.52. The first-order valence-corrected chi connectivity index (χ1v) is 10.2. The molecule has 4 rings (SSSR count). The smallest absolute Gasteiger partial charge is 0.232 e. The maximum absolute atomic E-state index is 13.9. The van der Waals surface area contributed by atoms with Gasteiger partial charge in [0.15, 0.2) is 11.5 Å². The Kier molecular flexibility index (Phi) is 6.16. The summed E-state index contributed by atoms with van der Waals surface area (Å²) in [6, 6.07) is 11.9. The second kappa shape index (κ2) is 9.16. The number of methoxy groups -OCH3 is 1. The molecule has 0 aliphatic carbocycles. The number of likely N-dealkylation sites (tertiary alicyclic amines) is 1. The number of hydrogen-bond acceptors (Lipinski definition) is 6. The number of carbonyl (C=O) groups excluding carboxylic acids is 1. The zero-order valence-electron chi connectivity index (χ0n) is 17.5. The zero-order valence-corrected chi connectivity index (χ0v) is 17.5. The van der Waals surface area contributed by atoms with Crippen LogP contribution in [0.15, 0.2) is 47.0 Å². The average Bonchev–Trinajstić information content (AvgIpc) is 3.41. The Labute approximate surface area is 179 Å². The molecular weight excluding hydrogens is 401 g/mol. The molecule has 1 aliphatic heterocycles. The summed E-state index contributed by atoms with van der Waals surface area (Å²) in [4.78, 5) is 18.6. The van der Waals surface area contributed by atoms with Crippen LogP contribution in [-0.4, -0.2) is 41.2 Å². The van der Waals surface area contributed by atoms with Crippen molar-refractivity contribution in [1.82, 2.24) is 15.0 Å². The molecule has 31 heavy (non-hydrogen) atoms. The van der Waals surface area contributed by atoms with Gasteiger partial charge in [0, 0.05) is 30.6 Å². The van der Waals surface area contributed by atoms with Crippen LogP contribution < -0.4 is 9.47 Å². The predicted molar refractivity (Wildman–Crippen MR) is 111 cm³/mol. The van der Waals surface area contributed by atoms with Gasteiger partial charge in [0.05, 0.1) is 19.6 Å². The van der Waals surface area contributed by atoms with Crippen LogP contribution in [0.25, 0.3) is 11.4 Å². The summed E-state index contributed by atoms with van der Waals surface area (Å²) in [5, 5.41) is 4.07. The van der Waals surface area contributed by atoms with Crippen LogP contribution in [0.3, 0.4) is 0 Å². The quantitative estimate of drug-likeness (QED) is 0.539. The van der Waals surface area contributed by atoms with Gasteiger partial charge in [-0.3, -0.25) is 4.79 Å². The Bertz CT molecular complexity index is 1070. The largest absolute Gasteiger partial charge is 0.493 e. The van der Waals surface area contributed by atoms with Gasteiger partial charge < -0.3 is 18.9 Å². The fourth-order valence-corrected chi connectivity index (χ4v) is 3.58. The number of amides is 1. The molecule has 1 unspecified atom stereocenters. The number of benzene rings is 2. The van der Waals surface area contributed by atoms with E-state index in [0.29, 0.717) is 41.9 Å². The lowest BCUT2D eigenvalue weighted by Crippen LogP contribution is -2.24. The average molecular weight is 425 g/mol. The van der Waals surface area contributed by atoms with Crippen LogP contribution in [0.2, 0.25) is 0 Å². The van der Waals surface area contributed by atoms with Crippen LogP contribution in [-0.2, 0) is 11.3 Å². The lowest BCUT2D eigenvalue weighted by Gasteiger charge is -2.16. The standard InChI is InChI=1S/C23H24FN3O4/c1-3-10-30-19-9-8-15(11-20(19)29-2)22-25-23(31-26-22)17-12-21(28)27(14-17)13-16-6-4-5-7-18(16)24/h4-9,11,17H,3,10,12-14H2,1-2H3. The summed E-state index contributed by atoms with van der Waals surface area (Å²) >= 11 is 0. The Morgan fingerprint density at radius 1 is 1.23 bits per heavy atom. The molecule has 8 heteroatoms. The van der Waals surface area contributed by atoms with Crippen LogP contribution >= 0.6 is 0 Å². The minimum absolute atomic E-state index is 0.0629. The van der Waals surface area contributed by atoms with Gasteiger partial charge in [0.25, 0.3) is 0 Å². The van der Waals surface area contributed by atoms with Gasteiger partial charge in [-0.2, -0.15) is 4.98 Å². The predicted octanol–water partition coefficient (Wildman–Crippen LogP) is 4.19. The SMILES string of the molecule is CCCOc1ccc(-c2noc(C3CC(=O)N(Cc4ccccc4F)C3)n2)cc1OC. The van der Waals surface area contributed by atoms with Gasteiger partial charge in [-0.05, 0) is 30.7 Å². The monoisotopic (exact) mass is 425 g/mol. The van der Waals surface area contributed by atoms with Crippen LogP contribution in [0.5, 0.6) is 11.5 Å². The van der Waals surface area contributed by atoms with E-state index in [1.807, 2.05) is 19.1 Å². The molecule has 0 bridgehead atoms. The molecule has 2 heterocycles. The van der Waals surface area contributed by atoms with E-state index in [2.05, 4.69) is 10.1 Å². The lowest BCUT2D eigenvalue weighted by molar-refractivity contribution is -0.128. The molecule has 0 radical (unpaired) electrons. The minimum Gasteiger partial charge on any atom is -0.493 e. The van der Waals surface area contributed by atoms with Gasteiger partial charge in [0.2, 0.25) is 17.6 Å². The summed E-state index contributed by atoms with van der Waals surface area (Å²) in [6.45, 7) is 3.26. The van der Waals surface area contributed by atoms with Crippen molar-refractivity contribution in [2.75, 3.05) is 20.3 Å². The van der Waals surface area contributed by atoms with Crippen molar-refractivity contribution in [2.24, 2.45) is 0 Å². The number of rotatable bonds is 8. The van der Waals surface area contributed by atoms with Crippen molar-refractivity contribution >= 4 is 5.91 Å². The number of carbonyl (C=O) groups is 1. The topological polar surface area (TPSA) is 77.7 Å². The number of aromatic nitrogens is 2. The highest BCUT2D eigenvalue weighted by Gasteiger charge is 2.34. The molecule has 3 aromatic rings. The van der Waals surface area contributed by atoms with Crippen molar-refractivity contribution in [1.29, 1.82) is 0 Å². The van der Waals surface area contributed by atoms with E-state index in [9.17, 15) is 9.18 Å². The molecule has 1 saturated heterocycles. The highest BCUT2D eigenvalue weighted by atomic mass is 19.1. The maximum Gasteiger partial charge on any atom is 0.232 e. The normalized spacial score (nSPS) is 16.0. The molecule has 1 aromatic heterocycles. The molecule has 1 fully saturated rings. The second-order valence-corrected chi connectivity index (χ2v) is 7.44. The molecule has 0 spiro atoms. The van der Waals surface area contributed by atoms with E-state index in [1.165, 1.54) is 6.07 Å². The van der Waals surface area contributed by atoms with Gasteiger partial charge >= 0.3 is 0 Å². The first-order chi connectivity index (χ1) is 15.1. The minimum atomic E-state index is -0.320. The van der Waals surface area contributed by atoms with Crippen molar-refractivity contribution in [3.63, 3.8) is 0 Å². The molecule has 0 saturated carbocycles. The van der Waals surface area contributed by atoms with Crippen molar-refractivity contribution in [3.8, 4) is 22.9 Å². The summed E-state index contributed by atoms with van der Waals surface area (Å²) < 4.78 is 30.5. The zero-order chi connectivity index (χ0) is 21.8. The first kappa shape index (κ1) is 20.8. The molecule has 1 aliphatic rings. The van der Waals surface area contributed by atoms with E-state index in [1.54, 1.807) is 36.3 Å². The summed E-state index contributed by atoms with van der Waals surface area (Å²) in [6.07, 6.45) is 1.15. The van der Waals surface area contributed by atoms with E-state index in [-0.39, 0.29) is 30.6 Å². The Morgan fingerprint density at radius 2 is 2.06 bits per heavy atom. The Hall–Kier alpha value is -3.42. The fourth-order valence-electron chi connectivity index (χ4n) is 3.58. The van der Waals surface area contributed by atoms with E-state index in [0.717, 1.165) is 12.0 Å². The van der Waals surface area contributed by atoms with Gasteiger partial charge in [0.1, 0.15) is 5.82 Å². The number of halogens is 1. The highest BCUT2D eigenvalue weighted by Crippen LogP contribution is 2.33. The van der Waals surface area contributed by atoms with E-state index >= 15 is 0 Å². The third-order valence-electron chi connectivity index (χ3n) is 5.21. The fraction of sp³-hybridized carbons (Fsp3) is 0.348. The summed E-state index contributed by atoms with van der Waals surface area (Å²) in [5.74, 6) is 1.44. The molecular formula is C23H24FN3O4. The maximum atomic E-state index is 13.9. The Morgan fingerprint density at radius 3 is 2.84 bits per heavy atom. The summed E-state index contributed by atoms with van der Waals surface area (Å²) in [7, 11) is 1.58. The van der Waals surface area contributed by atoms with Crippen molar-refractivity contribution in [2.45, 2.75) is 32.2 Å². The van der Waals surface area contributed by atoms with E-state index < -0.39 is 0 Å². The lowest BCUT2D eigenvalue weighted by atomic mass is 10.1. The summed E-state index contributed by atoms with van der Waals surface area (Å²) in [5.41, 5.74) is 1.21. The molecule has 1 amide bonds. The third-order valence-corrected chi connectivity index (χ3v) is 5.21. The Balaban J connectivity index is 1.48. The molecule has 7 nitrogen and oxygen atoms in total. The first-order valence-electron chi connectivity index (χ1n) is 10.2. The van der Waals surface area contributed by atoms with Crippen LogP contribution in [0.1, 0.15) is 37.1 Å². The molecule has 1 atom stereocenters. The molecule has 0 N–H and O–H groups in total. The second-order valence-electron chi connectivity index (χ2n) is 7.44. The van der Waals surface area contributed by atoms with Gasteiger partial charge in [-0.25, -0.2) is 4.39 Å². The van der Waals surface area contributed by atoms with E-state index in [4.69, 9.17) is 14.0 Å². The molecule has 162 valence electrons. The highest BCUT2D eigenvalue weighted by molar-refractivity contribution is 5.79. The van der Waals surface area contributed by atoms with Crippen molar-refractivity contribution in [3.05, 3.63) is 59.7 Å². The van der Waals surface area contributed by atoms with Gasteiger partial charge in [-0.15, -0.1) is 0 Å². The van der Waals surface area contributed by atoms with Crippen LogP contribution in [0, 0.1) is 5.82 Å². The number of hydrogen-bond donors (Lipinski definition) is 0. The molecule has 2 aromatic carbocycles. The number of nitrogens with zero attached hydrogens (tertiary/aromatic N) is 3.